The van der Waals surface area contributed by atoms with E-state index in [1.807, 2.05) is 0 Å². The van der Waals surface area contributed by atoms with E-state index in [1.165, 1.54) is 0 Å². The van der Waals surface area contributed by atoms with Crippen LogP contribution in [-0.2, 0) is 6.54 Å². The second kappa shape index (κ2) is 4.86. The van der Waals surface area contributed by atoms with Crippen molar-refractivity contribution in [3.8, 4) is 0 Å². The molecule has 5 N–H and O–H groups in total. The number of guanidine groups is 1. The van der Waals surface area contributed by atoms with E-state index in [9.17, 15) is 0 Å². The van der Waals surface area contributed by atoms with E-state index in [0.717, 1.165) is 5.56 Å². The van der Waals surface area contributed by atoms with E-state index in [4.69, 9.17) is 11.5 Å². The molecule has 2 aliphatic heterocycles. The quantitative estimate of drug-likeness (QED) is 0.651. The van der Waals surface area contributed by atoms with E-state index >= 15 is 0 Å². The predicted molar refractivity (Wildman–Crippen MR) is 78.8 cm³/mol. The molecule has 2 aliphatic rings. The lowest BCUT2D eigenvalue weighted by Crippen LogP contribution is -2.48. The molecule has 22 heavy (non-hydrogen) atoms. The number of fused-ring (bicyclic) bond motifs is 3. The minimum Gasteiger partial charge on any atom is -0.368 e. The maximum Gasteiger partial charge on any atom is 0.219 e. The Hall–Kier alpha value is -2.85. The van der Waals surface area contributed by atoms with Crippen LogP contribution >= 0.6 is 0 Å². The van der Waals surface area contributed by atoms with Crippen LogP contribution in [0.3, 0.4) is 0 Å². The van der Waals surface area contributed by atoms with Gasteiger partial charge in [0, 0.05) is 18.9 Å². The van der Waals surface area contributed by atoms with Crippen LogP contribution in [0.2, 0.25) is 0 Å². The number of amidine groups is 1. The third-order valence-corrected chi connectivity index (χ3v) is 3.39. The highest BCUT2D eigenvalue weighted by molar-refractivity contribution is 6.14. The first-order valence-electron chi connectivity index (χ1n) is 6.79. The molecule has 0 saturated carbocycles. The van der Waals surface area contributed by atoms with Gasteiger partial charge < -0.3 is 11.5 Å². The van der Waals surface area contributed by atoms with Crippen LogP contribution in [0.5, 0.6) is 0 Å². The smallest absolute Gasteiger partial charge is 0.219 e. The maximum atomic E-state index is 6.02. The van der Waals surface area contributed by atoms with Crippen LogP contribution in [0.15, 0.2) is 34.6 Å². The van der Waals surface area contributed by atoms with Gasteiger partial charge >= 0.3 is 0 Å². The van der Waals surface area contributed by atoms with E-state index in [0.29, 0.717) is 36.5 Å². The monoisotopic (exact) mass is 298 g/mol. The van der Waals surface area contributed by atoms with Crippen molar-refractivity contribution in [1.29, 1.82) is 0 Å². The molecule has 2 aromatic rings. The third-order valence-electron chi connectivity index (χ3n) is 3.39. The number of rotatable bonds is 3. The third kappa shape index (κ3) is 1.85. The van der Waals surface area contributed by atoms with Crippen LogP contribution in [0.1, 0.15) is 17.6 Å². The predicted octanol–water partition coefficient (Wildman–Crippen LogP) is -1.14. The van der Waals surface area contributed by atoms with Gasteiger partial charge in [0.1, 0.15) is 0 Å². The minimum atomic E-state index is -0.409. The van der Waals surface area contributed by atoms with Crippen molar-refractivity contribution in [2.24, 2.45) is 21.5 Å². The van der Waals surface area contributed by atoms with Crippen molar-refractivity contribution < 1.29 is 0 Å². The molecule has 0 aliphatic carbocycles. The molecule has 10 nitrogen and oxygen atoms in total. The second-order valence-corrected chi connectivity index (χ2v) is 4.79. The molecular formula is C12H14N10. The normalized spacial score (nSPS) is 19.5. The van der Waals surface area contributed by atoms with Crippen LogP contribution in [0.4, 0.5) is 5.82 Å². The zero-order chi connectivity index (χ0) is 15.1. The fraction of sp³-hybridized carbons (Fsp3) is 0.250. The summed E-state index contributed by atoms with van der Waals surface area (Å²) in [4.78, 5) is 17.4. The first-order valence-corrected chi connectivity index (χ1v) is 6.79. The number of hydrogen-bond donors (Lipinski definition) is 3. The van der Waals surface area contributed by atoms with Gasteiger partial charge in [0.15, 0.2) is 23.6 Å². The standard InChI is InChI=1S/C12H14N10/c13-2-5-21-10-7(6-17-21)11-18-9(8-15-3-1-4-16-8)20-22(11)12(14)19-10/h1,3-4,6,9,20H,2,5,13H2,(H2,14,19). The van der Waals surface area contributed by atoms with Crippen molar-refractivity contribution in [3.05, 3.63) is 36.0 Å². The molecule has 112 valence electrons. The summed E-state index contributed by atoms with van der Waals surface area (Å²) in [5.74, 6) is 2.18. The highest BCUT2D eigenvalue weighted by atomic mass is 15.6. The van der Waals surface area contributed by atoms with Gasteiger partial charge in [-0.2, -0.15) is 15.5 Å². The number of hydrazine groups is 1. The number of nitrogens with zero attached hydrogens (tertiary/aromatic N) is 7. The first kappa shape index (κ1) is 12.9. The van der Waals surface area contributed by atoms with Crippen molar-refractivity contribution in [1.82, 2.24) is 30.2 Å². The van der Waals surface area contributed by atoms with Gasteiger partial charge in [0.2, 0.25) is 5.96 Å². The molecule has 0 fully saturated rings. The molecule has 0 spiro atoms. The number of hydrogen-bond acceptors (Lipinski definition) is 9. The van der Waals surface area contributed by atoms with Gasteiger partial charge in [-0.05, 0) is 6.07 Å². The summed E-state index contributed by atoms with van der Waals surface area (Å²) in [6.07, 6.45) is 4.64. The van der Waals surface area contributed by atoms with E-state index < -0.39 is 6.17 Å². The molecule has 1 atom stereocenters. The number of nitrogens with two attached hydrogens (primary N) is 2. The summed E-state index contributed by atoms with van der Waals surface area (Å²) >= 11 is 0. The van der Waals surface area contributed by atoms with E-state index in [2.05, 4.69) is 30.5 Å². The Labute approximate surface area is 125 Å². The molecule has 1 unspecified atom stereocenters. The molecule has 4 rings (SSSR count). The lowest BCUT2D eigenvalue weighted by atomic mass is 10.2. The van der Waals surface area contributed by atoms with Gasteiger partial charge in [0.25, 0.3) is 0 Å². The molecule has 0 aromatic carbocycles. The topological polar surface area (TPSA) is 136 Å². The molecular weight excluding hydrogens is 284 g/mol. The molecule has 4 heterocycles. The average Bonchev–Trinajstić information content (AvgIpc) is 3.14. The first-order chi connectivity index (χ1) is 10.8. The average molecular weight is 298 g/mol. The van der Waals surface area contributed by atoms with Gasteiger partial charge in [-0.25, -0.2) is 24.7 Å². The Balaban J connectivity index is 1.76. The second-order valence-electron chi connectivity index (χ2n) is 4.79. The Kier molecular flexibility index (Phi) is 2.84. The number of nitrogens with one attached hydrogen (secondary N) is 1. The molecule has 2 aromatic heterocycles. The van der Waals surface area contributed by atoms with Crippen molar-refractivity contribution >= 4 is 17.6 Å². The lowest BCUT2D eigenvalue weighted by Gasteiger charge is -2.23. The summed E-state index contributed by atoms with van der Waals surface area (Å²) in [7, 11) is 0. The van der Waals surface area contributed by atoms with Crippen molar-refractivity contribution in [2.45, 2.75) is 12.7 Å². The zero-order valence-corrected chi connectivity index (χ0v) is 11.6. The van der Waals surface area contributed by atoms with Gasteiger partial charge in [-0.15, -0.1) is 0 Å². The Morgan fingerprint density at radius 1 is 1.27 bits per heavy atom. The summed E-state index contributed by atoms with van der Waals surface area (Å²) in [5, 5.41) is 5.91. The van der Waals surface area contributed by atoms with Gasteiger partial charge in [-0.3, -0.25) is 0 Å². The van der Waals surface area contributed by atoms with E-state index in [-0.39, 0.29) is 0 Å². The highest BCUT2D eigenvalue weighted by Crippen LogP contribution is 2.30. The zero-order valence-electron chi connectivity index (χ0n) is 11.6. The van der Waals surface area contributed by atoms with E-state index in [1.54, 1.807) is 34.3 Å². The fourth-order valence-electron chi connectivity index (χ4n) is 2.42. The van der Waals surface area contributed by atoms with Crippen LogP contribution in [0, 0.1) is 0 Å². The Morgan fingerprint density at radius 3 is 2.86 bits per heavy atom. The SMILES string of the molecule is NCCn1ncc2c1N=C(N)N1NC(c3ncccn3)N=C21. The fourth-order valence-corrected chi connectivity index (χ4v) is 2.42. The summed E-state index contributed by atoms with van der Waals surface area (Å²) < 4.78 is 1.72. The van der Waals surface area contributed by atoms with Gasteiger partial charge in [0.05, 0.1) is 18.3 Å². The molecule has 0 amide bonds. The van der Waals surface area contributed by atoms with Crippen LogP contribution < -0.4 is 16.9 Å². The van der Waals surface area contributed by atoms with Crippen molar-refractivity contribution in [2.75, 3.05) is 6.54 Å². The molecule has 10 heteroatoms. The van der Waals surface area contributed by atoms with Crippen molar-refractivity contribution in [3.63, 3.8) is 0 Å². The largest absolute Gasteiger partial charge is 0.368 e. The van der Waals surface area contributed by atoms with Crippen LogP contribution in [0.25, 0.3) is 0 Å². The summed E-state index contributed by atoms with van der Waals surface area (Å²) in [5.41, 5.74) is 15.5. The summed E-state index contributed by atoms with van der Waals surface area (Å²) in [6.45, 7) is 1.04. The molecule has 0 saturated heterocycles. The number of aliphatic imine (C=N–C) groups is 2. The lowest BCUT2D eigenvalue weighted by molar-refractivity contribution is 0.402. The van der Waals surface area contributed by atoms with Gasteiger partial charge in [-0.1, -0.05) is 0 Å². The molecule has 0 bridgehead atoms. The number of aromatic nitrogens is 4. The van der Waals surface area contributed by atoms with Crippen LogP contribution in [-0.4, -0.2) is 43.1 Å². The molecule has 0 radical (unpaired) electrons. The minimum absolute atomic E-state index is 0.295. The summed E-state index contributed by atoms with van der Waals surface area (Å²) in [6, 6.07) is 1.75. The Morgan fingerprint density at radius 2 is 2.09 bits per heavy atom. The maximum absolute atomic E-state index is 6.02. The Bertz CT molecular complexity index is 761. The highest BCUT2D eigenvalue weighted by Gasteiger charge is 2.36.